The molecule has 0 aromatic heterocycles. The summed E-state index contributed by atoms with van der Waals surface area (Å²) in [6.07, 6.45) is 0.336. The molecule has 0 spiro atoms. The molecule has 0 aliphatic rings. The fourth-order valence-corrected chi connectivity index (χ4v) is 2.70. The topological polar surface area (TPSA) is 64.6 Å². The number of benzene rings is 2. The van der Waals surface area contributed by atoms with Crippen LogP contribution in [0.2, 0.25) is 0 Å². The monoisotopic (exact) mass is 369 g/mol. The number of rotatable bonds is 6. The maximum absolute atomic E-state index is 12.6. The summed E-state index contributed by atoms with van der Waals surface area (Å²) in [4.78, 5) is 24.7. The standard InChI is InChI=1S/C22H27NO4/c1-22(2,3)17-10-8-16(9-11-17)20(24)23-19(21(25)27-5)14-15-6-12-18(26-4)13-7-15/h6-13,19H,14H2,1-5H3,(H,23,24)/t19-/m0/s1. The number of hydrogen-bond donors (Lipinski definition) is 1. The zero-order valence-corrected chi connectivity index (χ0v) is 16.5. The lowest BCUT2D eigenvalue weighted by atomic mass is 9.86. The largest absolute Gasteiger partial charge is 0.497 e. The van der Waals surface area contributed by atoms with Gasteiger partial charge in [0.2, 0.25) is 0 Å². The SMILES string of the molecule is COC(=O)[C@H](Cc1ccc(OC)cc1)NC(=O)c1ccc(C(C)(C)C)cc1. The molecular weight excluding hydrogens is 342 g/mol. The van der Waals surface area contributed by atoms with Gasteiger partial charge < -0.3 is 14.8 Å². The van der Waals surface area contributed by atoms with E-state index < -0.39 is 12.0 Å². The summed E-state index contributed by atoms with van der Waals surface area (Å²) < 4.78 is 9.99. The lowest BCUT2D eigenvalue weighted by Crippen LogP contribution is -2.43. The third-order valence-electron chi connectivity index (χ3n) is 4.40. The quantitative estimate of drug-likeness (QED) is 0.792. The van der Waals surface area contributed by atoms with Gasteiger partial charge in [-0.3, -0.25) is 4.79 Å². The number of hydrogen-bond acceptors (Lipinski definition) is 4. The highest BCUT2D eigenvalue weighted by atomic mass is 16.5. The average Bonchev–Trinajstić information content (AvgIpc) is 2.66. The summed E-state index contributed by atoms with van der Waals surface area (Å²) in [6.45, 7) is 6.35. The molecule has 0 bridgehead atoms. The van der Waals surface area contributed by atoms with E-state index in [-0.39, 0.29) is 11.3 Å². The van der Waals surface area contributed by atoms with E-state index in [0.29, 0.717) is 12.0 Å². The van der Waals surface area contributed by atoms with Crippen LogP contribution in [0.5, 0.6) is 5.75 Å². The van der Waals surface area contributed by atoms with Crippen LogP contribution in [0.25, 0.3) is 0 Å². The van der Waals surface area contributed by atoms with Gasteiger partial charge in [-0.05, 0) is 40.8 Å². The summed E-state index contributed by atoms with van der Waals surface area (Å²) in [5, 5.41) is 2.77. The average molecular weight is 369 g/mol. The molecule has 144 valence electrons. The molecule has 0 unspecified atom stereocenters. The van der Waals surface area contributed by atoms with Crippen molar-refractivity contribution in [3.8, 4) is 5.75 Å². The molecule has 2 rings (SSSR count). The highest BCUT2D eigenvalue weighted by Gasteiger charge is 2.23. The van der Waals surface area contributed by atoms with E-state index in [0.717, 1.165) is 16.9 Å². The van der Waals surface area contributed by atoms with E-state index in [1.807, 2.05) is 36.4 Å². The van der Waals surface area contributed by atoms with E-state index >= 15 is 0 Å². The Morgan fingerprint density at radius 3 is 2.04 bits per heavy atom. The normalized spacial score (nSPS) is 12.2. The van der Waals surface area contributed by atoms with Gasteiger partial charge in [0.15, 0.2) is 0 Å². The maximum Gasteiger partial charge on any atom is 0.328 e. The maximum atomic E-state index is 12.6. The molecule has 2 aromatic rings. The summed E-state index contributed by atoms with van der Waals surface area (Å²) in [5.41, 5.74) is 2.56. The summed E-state index contributed by atoms with van der Waals surface area (Å²) >= 11 is 0. The molecule has 1 atom stereocenters. The number of amides is 1. The lowest BCUT2D eigenvalue weighted by molar-refractivity contribution is -0.142. The minimum atomic E-state index is -0.766. The van der Waals surface area contributed by atoms with Crippen molar-refractivity contribution in [1.82, 2.24) is 5.32 Å². The fourth-order valence-electron chi connectivity index (χ4n) is 2.70. The smallest absolute Gasteiger partial charge is 0.328 e. The van der Waals surface area contributed by atoms with Crippen molar-refractivity contribution in [3.63, 3.8) is 0 Å². The highest BCUT2D eigenvalue weighted by Crippen LogP contribution is 2.22. The molecule has 5 nitrogen and oxygen atoms in total. The van der Waals surface area contributed by atoms with Gasteiger partial charge in [-0.2, -0.15) is 0 Å². The van der Waals surface area contributed by atoms with Gasteiger partial charge in [0.25, 0.3) is 5.91 Å². The minimum Gasteiger partial charge on any atom is -0.497 e. The first kappa shape index (κ1) is 20.5. The zero-order valence-electron chi connectivity index (χ0n) is 16.5. The van der Waals surface area contributed by atoms with Crippen LogP contribution in [-0.2, 0) is 21.4 Å². The van der Waals surface area contributed by atoms with Crippen LogP contribution in [0.3, 0.4) is 0 Å². The van der Waals surface area contributed by atoms with Gasteiger partial charge in [-0.15, -0.1) is 0 Å². The van der Waals surface area contributed by atoms with E-state index in [4.69, 9.17) is 9.47 Å². The highest BCUT2D eigenvalue weighted by molar-refractivity contribution is 5.96. The molecule has 1 N–H and O–H groups in total. The van der Waals surface area contributed by atoms with Gasteiger partial charge in [0, 0.05) is 12.0 Å². The van der Waals surface area contributed by atoms with Gasteiger partial charge in [0.05, 0.1) is 14.2 Å². The van der Waals surface area contributed by atoms with Gasteiger partial charge in [-0.25, -0.2) is 4.79 Å². The van der Waals surface area contributed by atoms with Crippen LogP contribution in [0.1, 0.15) is 42.3 Å². The summed E-state index contributed by atoms with van der Waals surface area (Å²) in [7, 11) is 2.91. The van der Waals surface area contributed by atoms with Crippen molar-refractivity contribution < 1.29 is 19.1 Å². The molecular formula is C22H27NO4. The molecule has 0 fully saturated rings. The Hall–Kier alpha value is -2.82. The second-order valence-corrected chi connectivity index (χ2v) is 7.43. The number of methoxy groups -OCH3 is 2. The van der Waals surface area contributed by atoms with Gasteiger partial charge >= 0.3 is 5.97 Å². The number of nitrogens with one attached hydrogen (secondary N) is 1. The molecule has 27 heavy (non-hydrogen) atoms. The molecule has 0 aliphatic heterocycles. The number of ether oxygens (including phenoxy) is 2. The number of esters is 1. The molecule has 0 radical (unpaired) electrons. The molecule has 0 heterocycles. The second kappa shape index (κ2) is 8.71. The van der Waals surface area contributed by atoms with Crippen LogP contribution in [-0.4, -0.2) is 32.1 Å². The van der Waals surface area contributed by atoms with Crippen molar-refractivity contribution in [3.05, 3.63) is 65.2 Å². The van der Waals surface area contributed by atoms with Gasteiger partial charge in [0.1, 0.15) is 11.8 Å². The Morgan fingerprint density at radius 2 is 1.56 bits per heavy atom. The minimum absolute atomic E-state index is 0.0118. The van der Waals surface area contributed by atoms with E-state index in [9.17, 15) is 9.59 Å². The lowest BCUT2D eigenvalue weighted by Gasteiger charge is -2.20. The Balaban J connectivity index is 2.12. The predicted octanol–water partition coefficient (Wildman–Crippen LogP) is 3.51. The Kier molecular flexibility index (Phi) is 6.61. The molecule has 2 aromatic carbocycles. The van der Waals surface area contributed by atoms with E-state index in [1.165, 1.54) is 7.11 Å². The molecule has 0 aliphatic carbocycles. The van der Waals surface area contributed by atoms with E-state index in [1.54, 1.807) is 19.2 Å². The van der Waals surface area contributed by atoms with Crippen molar-refractivity contribution in [1.29, 1.82) is 0 Å². The van der Waals surface area contributed by atoms with E-state index in [2.05, 4.69) is 26.1 Å². The summed E-state index contributed by atoms with van der Waals surface area (Å²) in [5.74, 6) is -0.0545. The van der Waals surface area contributed by atoms with Crippen molar-refractivity contribution in [2.45, 2.75) is 38.6 Å². The van der Waals surface area contributed by atoms with Crippen LogP contribution < -0.4 is 10.1 Å². The van der Waals surface area contributed by atoms with Crippen LogP contribution >= 0.6 is 0 Å². The number of carbonyl (C=O) groups excluding carboxylic acids is 2. The van der Waals surface area contributed by atoms with Crippen LogP contribution in [0.4, 0.5) is 0 Å². The first-order valence-electron chi connectivity index (χ1n) is 8.86. The molecule has 0 saturated carbocycles. The van der Waals surface area contributed by atoms with Crippen LogP contribution in [0.15, 0.2) is 48.5 Å². The second-order valence-electron chi connectivity index (χ2n) is 7.43. The van der Waals surface area contributed by atoms with Crippen LogP contribution in [0, 0.1) is 0 Å². The summed E-state index contributed by atoms with van der Waals surface area (Å²) in [6, 6.07) is 14.0. The third-order valence-corrected chi connectivity index (χ3v) is 4.40. The first-order chi connectivity index (χ1) is 12.7. The zero-order chi connectivity index (χ0) is 20.0. The first-order valence-corrected chi connectivity index (χ1v) is 8.86. The molecule has 1 amide bonds. The third kappa shape index (κ3) is 5.58. The van der Waals surface area contributed by atoms with Crippen molar-refractivity contribution >= 4 is 11.9 Å². The molecule has 0 saturated heterocycles. The van der Waals surface area contributed by atoms with Crippen molar-refractivity contribution in [2.75, 3.05) is 14.2 Å². The fraction of sp³-hybridized carbons (Fsp3) is 0.364. The molecule has 5 heteroatoms. The number of carbonyl (C=O) groups is 2. The van der Waals surface area contributed by atoms with Crippen molar-refractivity contribution in [2.24, 2.45) is 0 Å². The predicted molar refractivity (Wildman–Crippen MR) is 105 cm³/mol. The Morgan fingerprint density at radius 1 is 0.963 bits per heavy atom. The Bertz CT molecular complexity index is 773. The Labute approximate surface area is 160 Å². The van der Waals surface area contributed by atoms with Gasteiger partial charge in [-0.1, -0.05) is 45.0 Å².